The number of hydrogen-bond donors (Lipinski definition) is 1. The lowest BCUT2D eigenvalue weighted by Gasteiger charge is -2.29. The number of amides is 1. The molecule has 0 aliphatic rings. The molecule has 10 heteroatoms. The smallest absolute Gasteiger partial charge is 0.271 e. The van der Waals surface area contributed by atoms with Crippen molar-refractivity contribution in [2.75, 3.05) is 10.6 Å². The normalized spacial score (nSPS) is 12.3. The number of nitro groups is 1. The number of benzene rings is 2. The SMILES string of the molecule is Cc1ccc([N+](=O)[O-])cc1N([C@H](C)C(=O)NCc1ccc(F)cc1)S(C)(=O)=O. The Morgan fingerprint density at radius 1 is 1.25 bits per heavy atom. The zero-order valence-corrected chi connectivity index (χ0v) is 16.4. The van der Waals surface area contributed by atoms with E-state index in [0.29, 0.717) is 11.1 Å². The number of non-ortho nitro benzene ring substituents is 1. The number of anilines is 1. The summed E-state index contributed by atoms with van der Waals surface area (Å²) in [6.07, 6.45) is 0.926. The fraction of sp³-hybridized carbons (Fsp3) is 0.278. The third-order valence-electron chi connectivity index (χ3n) is 4.11. The van der Waals surface area contributed by atoms with Crippen LogP contribution in [0.2, 0.25) is 0 Å². The molecular formula is C18H20FN3O5S. The van der Waals surface area contributed by atoms with Crippen LogP contribution in [0.25, 0.3) is 0 Å². The van der Waals surface area contributed by atoms with E-state index in [0.717, 1.165) is 16.6 Å². The van der Waals surface area contributed by atoms with Gasteiger partial charge in [-0.2, -0.15) is 0 Å². The molecule has 0 unspecified atom stereocenters. The van der Waals surface area contributed by atoms with Crippen LogP contribution in [0.3, 0.4) is 0 Å². The summed E-state index contributed by atoms with van der Waals surface area (Å²) in [7, 11) is -3.92. The Bertz CT molecular complexity index is 993. The molecule has 0 fully saturated rings. The van der Waals surface area contributed by atoms with E-state index in [1.54, 1.807) is 6.92 Å². The molecule has 1 amide bonds. The summed E-state index contributed by atoms with van der Waals surface area (Å²) in [4.78, 5) is 23.0. The molecule has 28 heavy (non-hydrogen) atoms. The van der Waals surface area contributed by atoms with Crippen LogP contribution in [0.5, 0.6) is 0 Å². The van der Waals surface area contributed by atoms with Crippen LogP contribution in [0, 0.1) is 22.9 Å². The van der Waals surface area contributed by atoms with Crippen molar-refractivity contribution in [1.82, 2.24) is 5.32 Å². The molecule has 0 aliphatic heterocycles. The van der Waals surface area contributed by atoms with E-state index in [2.05, 4.69) is 5.32 Å². The standard InChI is InChI=1S/C18H20FN3O5S/c1-12-4-9-16(22(24)25)10-17(12)21(28(3,26)27)13(2)18(23)20-11-14-5-7-15(19)8-6-14/h4-10,13H,11H2,1-3H3,(H,20,23)/t13-/m1/s1. The van der Waals surface area contributed by atoms with Crippen molar-refractivity contribution in [1.29, 1.82) is 0 Å². The first kappa shape index (κ1) is 21.3. The van der Waals surface area contributed by atoms with Crippen LogP contribution < -0.4 is 9.62 Å². The van der Waals surface area contributed by atoms with E-state index in [4.69, 9.17) is 0 Å². The van der Waals surface area contributed by atoms with Crippen LogP contribution in [0.15, 0.2) is 42.5 Å². The van der Waals surface area contributed by atoms with Gasteiger partial charge in [0, 0.05) is 18.7 Å². The summed E-state index contributed by atoms with van der Waals surface area (Å²) in [5.74, 6) is -1.01. The highest BCUT2D eigenvalue weighted by atomic mass is 32.2. The minimum absolute atomic E-state index is 0.0566. The summed E-state index contributed by atoms with van der Waals surface area (Å²) in [5, 5.41) is 13.7. The van der Waals surface area contributed by atoms with E-state index in [1.165, 1.54) is 43.3 Å². The Kier molecular flexibility index (Phi) is 6.34. The number of nitrogens with one attached hydrogen (secondary N) is 1. The van der Waals surface area contributed by atoms with E-state index < -0.39 is 32.7 Å². The molecule has 0 aromatic heterocycles. The average Bonchev–Trinajstić information content (AvgIpc) is 2.61. The second-order valence-corrected chi connectivity index (χ2v) is 8.17. The molecule has 0 saturated heterocycles. The molecule has 0 heterocycles. The highest BCUT2D eigenvalue weighted by Crippen LogP contribution is 2.29. The van der Waals surface area contributed by atoms with Crippen molar-refractivity contribution in [3.8, 4) is 0 Å². The molecule has 8 nitrogen and oxygen atoms in total. The van der Waals surface area contributed by atoms with Gasteiger partial charge in [0.05, 0.1) is 16.9 Å². The lowest BCUT2D eigenvalue weighted by atomic mass is 10.1. The van der Waals surface area contributed by atoms with Gasteiger partial charge in [-0.3, -0.25) is 19.2 Å². The third kappa shape index (κ3) is 5.03. The predicted octanol–water partition coefficient (Wildman–Crippen LogP) is 2.51. The van der Waals surface area contributed by atoms with Gasteiger partial charge in [-0.05, 0) is 37.1 Å². The maximum absolute atomic E-state index is 13.0. The first-order valence-electron chi connectivity index (χ1n) is 8.27. The quantitative estimate of drug-likeness (QED) is 0.558. The summed E-state index contributed by atoms with van der Waals surface area (Å²) < 4.78 is 38.5. The van der Waals surface area contributed by atoms with Gasteiger partial charge in [0.1, 0.15) is 11.9 Å². The van der Waals surface area contributed by atoms with Gasteiger partial charge >= 0.3 is 0 Å². The molecule has 0 spiro atoms. The maximum atomic E-state index is 13.0. The number of aryl methyl sites for hydroxylation is 1. The van der Waals surface area contributed by atoms with Gasteiger partial charge in [0.2, 0.25) is 15.9 Å². The Labute approximate surface area is 162 Å². The van der Waals surface area contributed by atoms with Gasteiger partial charge in [-0.25, -0.2) is 12.8 Å². The van der Waals surface area contributed by atoms with Crippen molar-refractivity contribution in [2.45, 2.75) is 26.4 Å². The molecular weight excluding hydrogens is 389 g/mol. The van der Waals surface area contributed by atoms with Crippen molar-refractivity contribution in [3.05, 3.63) is 69.5 Å². The Balaban J connectivity index is 2.30. The number of nitrogens with zero attached hydrogens (tertiary/aromatic N) is 2. The summed E-state index contributed by atoms with van der Waals surface area (Å²) in [6.45, 7) is 3.06. The van der Waals surface area contributed by atoms with E-state index >= 15 is 0 Å². The highest BCUT2D eigenvalue weighted by Gasteiger charge is 2.31. The molecule has 0 aliphatic carbocycles. The molecule has 2 aromatic carbocycles. The minimum atomic E-state index is -3.92. The van der Waals surface area contributed by atoms with Crippen LogP contribution in [-0.2, 0) is 21.4 Å². The van der Waals surface area contributed by atoms with Crippen molar-refractivity contribution in [3.63, 3.8) is 0 Å². The Morgan fingerprint density at radius 3 is 2.39 bits per heavy atom. The van der Waals surface area contributed by atoms with Gasteiger partial charge in [-0.15, -0.1) is 0 Å². The largest absolute Gasteiger partial charge is 0.350 e. The number of sulfonamides is 1. The number of rotatable bonds is 7. The molecule has 0 bridgehead atoms. The second-order valence-electron chi connectivity index (χ2n) is 6.31. The van der Waals surface area contributed by atoms with Gasteiger partial charge in [0.25, 0.3) is 5.69 Å². The summed E-state index contributed by atoms with van der Waals surface area (Å²) in [5.41, 5.74) is 0.878. The second kappa shape index (κ2) is 8.34. The molecule has 2 rings (SSSR count). The fourth-order valence-electron chi connectivity index (χ4n) is 2.67. The van der Waals surface area contributed by atoms with E-state index in [9.17, 15) is 27.7 Å². The Morgan fingerprint density at radius 2 is 1.86 bits per heavy atom. The molecule has 1 N–H and O–H groups in total. The molecule has 0 radical (unpaired) electrons. The average molecular weight is 409 g/mol. The van der Waals surface area contributed by atoms with Crippen molar-refractivity contribution >= 4 is 27.3 Å². The maximum Gasteiger partial charge on any atom is 0.271 e. The van der Waals surface area contributed by atoms with Crippen LogP contribution in [-0.4, -0.2) is 31.5 Å². The number of carbonyl (C=O) groups excluding carboxylic acids is 1. The van der Waals surface area contributed by atoms with Crippen LogP contribution >= 0.6 is 0 Å². The van der Waals surface area contributed by atoms with Gasteiger partial charge < -0.3 is 5.32 Å². The topological polar surface area (TPSA) is 110 Å². The van der Waals surface area contributed by atoms with Gasteiger partial charge in [0.15, 0.2) is 0 Å². The van der Waals surface area contributed by atoms with Gasteiger partial charge in [-0.1, -0.05) is 18.2 Å². The Hall–Kier alpha value is -3.01. The number of nitro benzene ring substituents is 1. The zero-order valence-electron chi connectivity index (χ0n) is 15.5. The van der Waals surface area contributed by atoms with E-state index in [1.807, 2.05) is 0 Å². The van der Waals surface area contributed by atoms with Crippen LogP contribution in [0.1, 0.15) is 18.1 Å². The van der Waals surface area contributed by atoms with Crippen LogP contribution in [0.4, 0.5) is 15.8 Å². The summed E-state index contributed by atoms with van der Waals surface area (Å²) in [6, 6.07) is 8.16. The lowest BCUT2D eigenvalue weighted by molar-refractivity contribution is -0.384. The number of hydrogen-bond acceptors (Lipinski definition) is 5. The first-order chi connectivity index (χ1) is 13.0. The van der Waals surface area contributed by atoms with Crippen molar-refractivity contribution in [2.24, 2.45) is 0 Å². The molecule has 2 aromatic rings. The predicted molar refractivity (Wildman–Crippen MR) is 103 cm³/mol. The zero-order chi connectivity index (χ0) is 21.1. The molecule has 1 atom stereocenters. The number of halogens is 1. The third-order valence-corrected chi connectivity index (χ3v) is 5.34. The number of carbonyl (C=O) groups is 1. The first-order valence-corrected chi connectivity index (χ1v) is 10.1. The molecule has 0 saturated carbocycles. The molecule has 150 valence electrons. The monoisotopic (exact) mass is 409 g/mol. The minimum Gasteiger partial charge on any atom is -0.350 e. The highest BCUT2D eigenvalue weighted by molar-refractivity contribution is 7.92. The van der Waals surface area contributed by atoms with Crippen molar-refractivity contribution < 1.29 is 22.5 Å². The fourth-order valence-corrected chi connectivity index (χ4v) is 3.89. The summed E-state index contributed by atoms with van der Waals surface area (Å²) >= 11 is 0. The lowest BCUT2D eigenvalue weighted by Crippen LogP contribution is -2.48. The van der Waals surface area contributed by atoms with E-state index in [-0.39, 0.29) is 17.9 Å².